The molecule has 0 fully saturated rings. The summed E-state index contributed by atoms with van der Waals surface area (Å²) in [6, 6.07) is 6.63. The molecule has 0 aliphatic rings. The van der Waals surface area contributed by atoms with Crippen LogP contribution in [0.25, 0.3) is 0 Å². The van der Waals surface area contributed by atoms with E-state index >= 15 is 0 Å². The SMILES string of the molecule is Cc1nc(CCc2ccc(F)cc2)c(Br)n1C. The van der Waals surface area contributed by atoms with Gasteiger partial charge in [0.15, 0.2) is 0 Å². The highest BCUT2D eigenvalue weighted by molar-refractivity contribution is 9.10. The van der Waals surface area contributed by atoms with Gasteiger partial charge in [-0.25, -0.2) is 9.37 Å². The van der Waals surface area contributed by atoms with Crippen LogP contribution in [0.5, 0.6) is 0 Å². The molecule has 0 amide bonds. The summed E-state index contributed by atoms with van der Waals surface area (Å²) in [7, 11) is 1.98. The van der Waals surface area contributed by atoms with E-state index in [1.165, 1.54) is 12.1 Å². The Morgan fingerprint density at radius 2 is 1.88 bits per heavy atom. The van der Waals surface area contributed by atoms with Gasteiger partial charge in [-0.2, -0.15) is 0 Å². The van der Waals surface area contributed by atoms with Crippen molar-refractivity contribution in [1.82, 2.24) is 9.55 Å². The second-order valence-electron chi connectivity index (χ2n) is 4.08. The highest BCUT2D eigenvalue weighted by Gasteiger charge is 2.09. The Morgan fingerprint density at radius 3 is 2.41 bits per heavy atom. The van der Waals surface area contributed by atoms with Gasteiger partial charge in [0.2, 0.25) is 0 Å². The van der Waals surface area contributed by atoms with Gasteiger partial charge in [-0.15, -0.1) is 0 Å². The van der Waals surface area contributed by atoms with Crippen molar-refractivity contribution in [3.05, 3.63) is 51.8 Å². The summed E-state index contributed by atoms with van der Waals surface area (Å²) >= 11 is 3.53. The smallest absolute Gasteiger partial charge is 0.123 e. The Kier molecular flexibility index (Phi) is 3.62. The zero-order chi connectivity index (χ0) is 12.4. The highest BCUT2D eigenvalue weighted by Crippen LogP contribution is 2.19. The Bertz CT molecular complexity index is 517. The molecule has 0 N–H and O–H groups in total. The largest absolute Gasteiger partial charge is 0.326 e. The van der Waals surface area contributed by atoms with E-state index in [0.717, 1.165) is 34.5 Å². The minimum absolute atomic E-state index is 0.191. The Labute approximate surface area is 109 Å². The van der Waals surface area contributed by atoms with Gasteiger partial charge in [0.25, 0.3) is 0 Å². The molecule has 0 radical (unpaired) electrons. The maximum absolute atomic E-state index is 12.7. The lowest BCUT2D eigenvalue weighted by molar-refractivity contribution is 0.627. The Hall–Kier alpha value is -1.16. The molecule has 0 saturated heterocycles. The van der Waals surface area contributed by atoms with E-state index in [1.807, 2.05) is 30.7 Å². The molecule has 0 aliphatic heterocycles. The van der Waals surface area contributed by atoms with Crippen LogP contribution in [0.4, 0.5) is 4.39 Å². The zero-order valence-corrected chi connectivity index (χ0v) is 11.5. The predicted octanol–water partition coefficient (Wildman–Crippen LogP) is 3.42. The molecule has 17 heavy (non-hydrogen) atoms. The average Bonchev–Trinajstić information content (AvgIpc) is 2.56. The number of halogens is 2. The molecule has 1 aromatic heterocycles. The van der Waals surface area contributed by atoms with E-state index in [9.17, 15) is 4.39 Å². The standard InChI is InChI=1S/C13H14BrFN2/c1-9-16-12(13(14)17(9)2)8-5-10-3-6-11(15)7-4-10/h3-4,6-7H,5,8H2,1-2H3. The lowest BCUT2D eigenvalue weighted by atomic mass is 10.1. The first-order valence-electron chi connectivity index (χ1n) is 5.50. The van der Waals surface area contributed by atoms with Gasteiger partial charge in [-0.1, -0.05) is 12.1 Å². The van der Waals surface area contributed by atoms with Crippen molar-refractivity contribution in [2.24, 2.45) is 7.05 Å². The van der Waals surface area contributed by atoms with Gasteiger partial charge in [0.05, 0.1) is 5.69 Å². The average molecular weight is 297 g/mol. The van der Waals surface area contributed by atoms with Gasteiger partial charge in [-0.3, -0.25) is 0 Å². The van der Waals surface area contributed by atoms with Crippen LogP contribution in [0.15, 0.2) is 28.9 Å². The van der Waals surface area contributed by atoms with Crippen LogP contribution in [0.3, 0.4) is 0 Å². The first-order chi connectivity index (χ1) is 8.08. The van der Waals surface area contributed by atoms with Gasteiger partial charge in [0.1, 0.15) is 16.2 Å². The van der Waals surface area contributed by atoms with E-state index in [2.05, 4.69) is 20.9 Å². The summed E-state index contributed by atoms with van der Waals surface area (Å²) in [6.07, 6.45) is 1.73. The van der Waals surface area contributed by atoms with E-state index in [0.29, 0.717) is 0 Å². The van der Waals surface area contributed by atoms with Crippen molar-refractivity contribution in [1.29, 1.82) is 0 Å². The minimum Gasteiger partial charge on any atom is -0.326 e. The van der Waals surface area contributed by atoms with Crippen LogP contribution in [0.1, 0.15) is 17.1 Å². The number of nitrogens with zero attached hydrogens (tertiary/aromatic N) is 2. The Balaban J connectivity index is 2.07. The fourth-order valence-corrected chi connectivity index (χ4v) is 2.27. The number of aryl methyl sites for hydroxylation is 3. The van der Waals surface area contributed by atoms with Crippen LogP contribution < -0.4 is 0 Å². The molecule has 1 heterocycles. The second kappa shape index (κ2) is 5.00. The van der Waals surface area contributed by atoms with E-state index in [1.54, 1.807) is 0 Å². The number of hydrogen-bond acceptors (Lipinski definition) is 1. The number of rotatable bonds is 3. The molecule has 0 unspecified atom stereocenters. The van der Waals surface area contributed by atoms with Crippen molar-refractivity contribution in [3.8, 4) is 0 Å². The van der Waals surface area contributed by atoms with Crippen LogP contribution >= 0.6 is 15.9 Å². The van der Waals surface area contributed by atoms with Crippen molar-refractivity contribution in [2.75, 3.05) is 0 Å². The molecule has 0 atom stereocenters. The monoisotopic (exact) mass is 296 g/mol. The summed E-state index contributed by atoms with van der Waals surface area (Å²) < 4.78 is 15.8. The minimum atomic E-state index is -0.191. The third-order valence-corrected chi connectivity index (χ3v) is 3.87. The van der Waals surface area contributed by atoms with Gasteiger partial charge in [-0.05, 0) is 53.4 Å². The van der Waals surface area contributed by atoms with Crippen molar-refractivity contribution < 1.29 is 4.39 Å². The van der Waals surface area contributed by atoms with Gasteiger partial charge in [0, 0.05) is 7.05 Å². The lowest BCUT2D eigenvalue weighted by Crippen LogP contribution is -1.93. The molecule has 0 spiro atoms. The number of hydrogen-bond donors (Lipinski definition) is 0. The molecule has 0 aliphatic carbocycles. The van der Waals surface area contributed by atoms with E-state index in [4.69, 9.17) is 0 Å². The number of aromatic nitrogens is 2. The van der Waals surface area contributed by atoms with E-state index in [-0.39, 0.29) is 5.82 Å². The molecule has 2 nitrogen and oxygen atoms in total. The first-order valence-corrected chi connectivity index (χ1v) is 6.29. The number of benzene rings is 1. The molecule has 0 bridgehead atoms. The zero-order valence-electron chi connectivity index (χ0n) is 9.87. The van der Waals surface area contributed by atoms with Crippen LogP contribution in [-0.4, -0.2) is 9.55 Å². The third-order valence-electron chi connectivity index (χ3n) is 2.88. The topological polar surface area (TPSA) is 17.8 Å². The van der Waals surface area contributed by atoms with Gasteiger partial charge < -0.3 is 4.57 Å². The van der Waals surface area contributed by atoms with Crippen LogP contribution in [0, 0.1) is 12.7 Å². The predicted molar refractivity (Wildman–Crippen MR) is 69.5 cm³/mol. The molecule has 1 aromatic carbocycles. The molecule has 4 heteroatoms. The molecule has 0 saturated carbocycles. The summed E-state index contributed by atoms with van der Waals surface area (Å²) in [5, 5.41) is 0. The third kappa shape index (κ3) is 2.75. The molecule has 90 valence electrons. The van der Waals surface area contributed by atoms with Gasteiger partial charge >= 0.3 is 0 Å². The van der Waals surface area contributed by atoms with Crippen LogP contribution in [0.2, 0.25) is 0 Å². The number of imidazole rings is 1. The van der Waals surface area contributed by atoms with Crippen molar-refractivity contribution >= 4 is 15.9 Å². The highest BCUT2D eigenvalue weighted by atomic mass is 79.9. The van der Waals surface area contributed by atoms with E-state index < -0.39 is 0 Å². The summed E-state index contributed by atoms with van der Waals surface area (Å²) in [5.41, 5.74) is 2.18. The maximum Gasteiger partial charge on any atom is 0.123 e. The molecule has 2 rings (SSSR count). The summed E-state index contributed by atoms with van der Waals surface area (Å²) in [5.74, 6) is 0.801. The second-order valence-corrected chi connectivity index (χ2v) is 4.83. The quantitative estimate of drug-likeness (QED) is 0.849. The van der Waals surface area contributed by atoms with Crippen molar-refractivity contribution in [2.45, 2.75) is 19.8 Å². The summed E-state index contributed by atoms with van der Waals surface area (Å²) in [6.45, 7) is 1.98. The first kappa shape index (κ1) is 12.3. The fraction of sp³-hybridized carbons (Fsp3) is 0.308. The molecular formula is C13H14BrFN2. The summed E-state index contributed by atoms with van der Waals surface area (Å²) in [4.78, 5) is 4.48. The molecule has 2 aromatic rings. The normalized spacial score (nSPS) is 10.8. The molecular weight excluding hydrogens is 283 g/mol. The maximum atomic E-state index is 12.7. The Morgan fingerprint density at radius 1 is 1.24 bits per heavy atom. The fourth-order valence-electron chi connectivity index (χ4n) is 1.72. The van der Waals surface area contributed by atoms with Crippen LogP contribution in [-0.2, 0) is 19.9 Å². The lowest BCUT2D eigenvalue weighted by Gasteiger charge is -2.00. The van der Waals surface area contributed by atoms with Crippen molar-refractivity contribution in [3.63, 3.8) is 0 Å².